The van der Waals surface area contributed by atoms with Crippen molar-refractivity contribution in [1.82, 2.24) is 0 Å². The van der Waals surface area contributed by atoms with E-state index in [4.69, 9.17) is 28.4 Å². The highest BCUT2D eigenvalue weighted by Gasteiger charge is 2.36. The number of carbonyl (C=O) groups excluding carboxylic acids is 2. The van der Waals surface area contributed by atoms with Crippen LogP contribution in [0.25, 0.3) is 11.1 Å². The first kappa shape index (κ1) is 32.9. The van der Waals surface area contributed by atoms with Crippen LogP contribution in [0.3, 0.4) is 0 Å². The number of fused-ring (bicyclic) bond motifs is 3. The van der Waals surface area contributed by atoms with E-state index in [0.717, 1.165) is 85.5 Å². The van der Waals surface area contributed by atoms with Crippen molar-refractivity contribution in [3.63, 3.8) is 0 Å². The summed E-state index contributed by atoms with van der Waals surface area (Å²) in [5.41, 5.74) is 4.66. The molecule has 2 atom stereocenters. The summed E-state index contributed by atoms with van der Waals surface area (Å²) < 4.78 is 33.7. The molecule has 8 heteroatoms. The number of carbonyl (C=O) groups is 2. The van der Waals surface area contributed by atoms with Gasteiger partial charge in [0.05, 0.1) is 49.8 Å². The number of hydrogen-bond acceptors (Lipinski definition) is 8. The van der Waals surface area contributed by atoms with Crippen molar-refractivity contribution in [1.29, 1.82) is 0 Å². The van der Waals surface area contributed by atoms with Crippen LogP contribution >= 0.6 is 0 Å². The number of rotatable bonds is 16. The molecular formula is C41H42O8. The van der Waals surface area contributed by atoms with Crippen molar-refractivity contribution in [3.8, 4) is 34.1 Å². The Balaban J connectivity index is 0.934. The molecule has 0 bridgehead atoms. The highest BCUT2D eigenvalue weighted by molar-refractivity contribution is 5.92. The van der Waals surface area contributed by atoms with Crippen molar-refractivity contribution >= 4 is 11.9 Å². The Bertz CT molecular complexity index is 1650. The zero-order valence-corrected chi connectivity index (χ0v) is 28.1. The van der Waals surface area contributed by atoms with Gasteiger partial charge in [-0.2, -0.15) is 0 Å². The van der Waals surface area contributed by atoms with Gasteiger partial charge in [0.1, 0.15) is 23.0 Å². The van der Waals surface area contributed by atoms with Crippen molar-refractivity contribution in [2.24, 2.45) is 0 Å². The van der Waals surface area contributed by atoms with Gasteiger partial charge in [-0.1, -0.05) is 26.0 Å². The van der Waals surface area contributed by atoms with Crippen LogP contribution in [-0.4, -0.2) is 50.6 Å². The van der Waals surface area contributed by atoms with Crippen LogP contribution in [0.1, 0.15) is 84.2 Å². The molecule has 2 fully saturated rings. The smallest absolute Gasteiger partial charge is 0.343 e. The highest BCUT2D eigenvalue weighted by Crippen LogP contribution is 2.50. The average Bonchev–Trinajstić information content (AvgIpc) is 4.05. The number of unbranched alkanes of at least 4 members (excludes halogenated alkanes) is 2. The highest BCUT2D eigenvalue weighted by atomic mass is 16.6. The molecule has 0 spiro atoms. The van der Waals surface area contributed by atoms with Crippen LogP contribution in [0, 0.1) is 0 Å². The first-order valence-electron chi connectivity index (χ1n) is 17.3. The van der Waals surface area contributed by atoms with E-state index < -0.39 is 17.4 Å². The van der Waals surface area contributed by atoms with Crippen LogP contribution in [0.5, 0.6) is 23.0 Å². The molecule has 2 aliphatic heterocycles. The van der Waals surface area contributed by atoms with Crippen molar-refractivity contribution < 1.29 is 38.0 Å². The molecule has 7 rings (SSSR count). The van der Waals surface area contributed by atoms with E-state index >= 15 is 0 Å². The molecule has 2 saturated heterocycles. The molecule has 0 amide bonds. The Morgan fingerprint density at radius 3 is 1.37 bits per heavy atom. The molecule has 0 radical (unpaired) electrons. The topological polar surface area (TPSA) is 96.1 Å². The van der Waals surface area contributed by atoms with E-state index in [0.29, 0.717) is 48.0 Å². The summed E-state index contributed by atoms with van der Waals surface area (Å²) in [6.45, 7) is 7.28. The van der Waals surface area contributed by atoms with Gasteiger partial charge in [0.15, 0.2) is 0 Å². The Labute approximate surface area is 287 Å². The predicted molar refractivity (Wildman–Crippen MR) is 185 cm³/mol. The predicted octanol–water partition coefficient (Wildman–Crippen LogP) is 8.33. The van der Waals surface area contributed by atoms with Crippen LogP contribution < -0.4 is 18.9 Å². The van der Waals surface area contributed by atoms with Crippen molar-refractivity contribution in [2.75, 3.05) is 26.4 Å². The molecule has 0 aromatic heterocycles. The van der Waals surface area contributed by atoms with Gasteiger partial charge in [0.2, 0.25) is 0 Å². The van der Waals surface area contributed by atoms with Crippen LogP contribution in [-0.2, 0) is 14.9 Å². The molecule has 0 saturated carbocycles. The molecule has 4 aromatic rings. The lowest BCUT2D eigenvalue weighted by Gasteiger charge is -2.22. The maximum atomic E-state index is 13.0. The fraction of sp³-hybridized carbons (Fsp3) is 0.366. The SMILES string of the molecule is CC1(C)c2cc(OC(=O)c3ccc(OCCCCC4CO4)cc3)ccc2-c2ccc(OC(=O)c3ccc(OCCCCC4CO4)cc3)cc21. The molecule has 2 heterocycles. The number of hydrogen-bond donors (Lipinski definition) is 0. The third-order valence-electron chi connectivity index (χ3n) is 9.40. The number of benzene rings is 4. The third-order valence-corrected chi connectivity index (χ3v) is 9.40. The van der Waals surface area contributed by atoms with Crippen LogP contribution in [0.4, 0.5) is 0 Å². The summed E-state index contributed by atoms with van der Waals surface area (Å²) in [4.78, 5) is 26.0. The minimum Gasteiger partial charge on any atom is -0.494 e. The average molecular weight is 663 g/mol. The molecular weight excluding hydrogens is 620 g/mol. The van der Waals surface area contributed by atoms with Gasteiger partial charge in [0, 0.05) is 5.41 Å². The van der Waals surface area contributed by atoms with E-state index in [9.17, 15) is 9.59 Å². The summed E-state index contributed by atoms with van der Waals surface area (Å²) in [7, 11) is 0. The fourth-order valence-corrected chi connectivity index (χ4v) is 6.33. The van der Waals surface area contributed by atoms with E-state index in [-0.39, 0.29) is 0 Å². The van der Waals surface area contributed by atoms with E-state index in [1.807, 2.05) is 36.4 Å². The molecule has 4 aromatic carbocycles. The van der Waals surface area contributed by atoms with Gasteiger partial charge in [0.25, 0.3) is 0 Å². The standard InChI is InChI=1S/C41H42O8/c1-41(2)37-23-31(48-39(42)27-9-13-29(14-10-27)44-21-5-3-7-33-25-46-33)17-19-35(37)36-20-18-32(24-38(36)41)49-40(43)28-11-15-30(16-12-28)45-22-6-4-8-34-26-47-34/h9-20,23-24,33-34H,3-8,21-22,25-26H2,1-2H3. The maximum Gasteiger partial charge on any atom is 0.343 e. The Kier molecular flexibility index (Phi) is 9.69. The Morgan fingerprint density at radius 1 is 0.592 bits per heavy atom. The van der Waals surface area contributed by atoms with Crippen LogP contribution in [0.15, 0.2) is 84.9 Å². The second-order valence-electron chi connectivity index (χ2n) is 13.5. The summed E-state index contributed by atoms with van der Waals surface area (Å²) in [6, 6.07) is 25.5. The van der Waals surface area contributed by atoms with Gasteiger partial charge in [-0.3, -0.25) is 0 Å². The van der Waals surface area contributed by atoms with E-state index in [2.05, 4.69) is 13.8 Å². The maximum absolute atomic E-state index is 13.0. The van der Waals surface area contributed by atoms with Crippen molar-refractivity contribution in [3.05, 3.63) is 107 Å². The number of ether oxygens (including phenoxy) is 6. The van der Waals surface area contributed by atoms with Gasteiger partial charge in [-0.25, -0.2) is 9.59 Å². The van der Waals surface area contributed by atoms with Gasteiger partial charge < -0.3 is 28.4 Å². The third kappa shape index (κ3) is 8.15. The zero-order chi connectivity index (χ0) is 33.8. The lowest BCUT2D eigenvalue weighted by molar-refractivity contribution is 0.0725. The van der Waals surface area contributed by atoms with Gasteiger partial charge in [-0.05, 0) is 134 Å². The zero-order valence-electron chi connectivity index (χ0n) is 28.1. The summed E-state index contributed by atoms with van der Waals surface area (Å²) in [5.74, 6) is 1.53. The van der Waals surface area contributed by atoms with Gasteiger partial charge in [-0.15, -0.1) is 0 Å². The molecule has 1 aliphatic carbocycles. The number of epoxide rings is 2. The molecule has 3 aliphatic rings. The Morgan fingerprint density at radius 2 is 0.980 bits per heavy atom. The van der Waals surface area contributed by atoms with Gasteiger partial charge >= 0.3 is 11.9 Å². The van der Waals surface area contributed by atoms with Crippen LogP contribution in [0.2, 0.25) is 0 Å². The number of esters is 2. The first-order valence-corrected chi connectivity index (χ1v) is 17.3. The largest absolute Gasteiger partial charge is 0.494 e. The summed E-state index contributed by atoms with van der Waals surface area (Å²) >= 11 is 0. The van der Waals surface area contributed by atoms with Crippen molar-refractivity contribution in [2.45, 2.75) is 70.0 Å². The first-order chi connectivity index (χ1) is 23.8. The lowest BCUT2D eigenvalue weighted by Crippen LogP contribution is -2.16. The lowest BCUT2D eigenvalue weighted by atomic mass is 9.82. The quantitative estimate of drug-likeness (QED) is 0.0512. The monoisotopic (exact) mass is 662 g/mol. The fourth-order valence-electron chi connectivity index (χ4n) is 6.33. The molecule has 254 valence electrons. The molecule has 2 unspecified atom stereocenters. The normalized spacial score (nSPS) is 17.8. The second kappa shape index (κ2) is 14.4. The minimum atomic E-state index is -0.433. The summed E-state index contributed by atoms with van der Waals surface area (Å²) in [5, 5.41) is 0. The molecule has 49 heavy (non-hydrogen) atoms. The molecule has 0 N–H and O–H groups in total. The minimum absolute atomic E-state index is 0.412. The Hall–Kier alpha value is -4.66. The molecule has 8 nitrogen and oxygen atoms in total. The van der Waals surface area contributed by atoms with E-state index in [1.165, 1.54) is 0 Å². The van der Waals surface area contributed by atoms with E-state index in [1.54, 1.807) is 48.5 Å². The second-order valence-corrected chi connectivity index (χ2v) is 13.5. The summed E-state index contributed by atoms with van der Waals surface area (Å²) in [6.07, 6.45) is 7.16.